The number of aryl methyl sites for hydroxylation is 2. The first-order valence-electron chi connectivity index (χ1n) is 6.42. The SMILES string of the molecule is CCCNC(=O)c1ccc2c(C)cc(C)c(O)c2n1. The predicted molar refractivity (Wildman–Crippen MR) is 75.5 cm³/mol. The number of pyridine rings is 1. The Balaban J connectivity index is 2.51. The molecule has 1 aromatic carbocycles. The topological polar surface area (TPSA) is 62.2 Å². The van der Waals surface area contributed by atoms with E-state index >= 15 is 0 Å². The zero-order valence-electron chi connectivity index (χ0n) is 11.4. The highest BCUT2D eigenvalue weighted by Crippen LogP contribution is 2.29. The van der Waals surface area contributed by atoms with Gasteiger partial charge in [0.1, 0.15) is 17.0 Å². The number of aromatic hydroxyl groups is 1. The Morgan fingerprint density at radius 2 is 2.05 bits per heavy atom. The average Bonchev–Trinajstić information content (AvgIpc) is 2.41. The van der Waals surface area contributed by atoms with Crippen LogP contribution in [0.4, 0.5) is 0 Å². The van der Waals surface area contributed by atoms with Crippen LogP contribution in [0.15, 0.2) is 18.2 Å². The van der Waals surface area contributed by atoms with Gasteiger partial charge in [0, 0.05) is 11.9 Å². The highest BCUT2D eigenvalue weighted by atomic mass is 16.3. The van der Waals surface area contributed by atoms with Crippen molar-refractivity contribution in [2.45, 2.75) is 27.2 Å². The van der Waals surface area contributed by atoms with Gasteiger partial charge in [-0.2, -0.15) is 0 Å². The summed E-state index contributed by atoms with van der Waals surface area (Å²) >= 11 is 0. The average molecular weight is 258 g/mol. The second-order valence-electron chi connectivity index (χ2n) is 4.71. The summed E-state index contributed by atoms with van der Waals surface area (Å²) in [5.41, 5.74) is 2.63. The van der Waals surface area contributed by atoms with Gasteiger partial charge in [-0.15, -0.1) is 0 Å². The van der Waals surface area contributed by atoms with Crippen molar-refractivity contribution in [3.63, 3.8) is 0 Å². The number of nitrogens with zero attached hydrogens (tertiary/aromatic N) is 1. The molecule has 0 atom stereocenters. The van der Waals surface area contributed by atoms with Crippen molar-refractivity contribution in [2.75, 3.05) is 6.54 Å². The molecule has 100 valence electrons. The number of rotatable bonds is 3. The summed E-state index contributed by atoms with van der Waals surface area (Å²) in [6.45, 7) is 6.41. The normalized spacial score (nSPS) is 10.7. The maximum atomic E-state index is 11.9. The number of benzene rings is 1. The Labute approximate surface area is 112 Å². The summed E-state index contributed by atoms with van der Waals surface area (Å²) in [4.78, 5) is 16.2. The van der Waals surface area contributed by atoms with Gasteiger partial charge < -0.3 is 10.4 Å². The second-order valence-corrected chi connectivity index (χ2v) is 4.71. The second kappa shape index (κ2) is 5.26. The van der Waals surface area contributed by atoms with E-state index in [1.54, 1.807) is 6.07 Å². The van der Waals surface area contributed by atoms with E-state index in [9.17, 15) is 9.90 Å². The standard InChI is InChI=1S/C15H18N2O2/c1-4-7-16-15(19)12-6-5-11-9(2)8-10(3)14(18)13(11)17-12/h5-6,8,18H,4,7H2,1-3H3,(H,16,19). The van der Waals surface area contributed by atoms with Crippen LogP contribution in [0, 0.1) is 13.8 Å². The van der Waals surface area contributed by atoms with Crippen molar-refractivity contribution < 1.29 is 9.90 Å². The van der Waals surface area contributed by atoms with Crippen LogP contribution in [0.3, 0.4) is 0 Å². The molecule has 0 radical (unpaired) electrons. The molecule has 0 fully saturated rings. The van der Waals surface area contributed by atoms with Gasteiger partial charge in [0.05, 0.1) is 0 Å². The van der Waals surface area contributed by atoms with E-state index in [1.165, 1.54) is 0 Å². The lowest BCUT2D eigenvalue weighted by Gasteiger charge is -2.09. The van der Waals surface area contributed by atoms with Gasteiger partial charge in [-0.05, 0) is 37.5 Å². The molecule has 2 N–H and O–H groups in total. The number of fused-ring (bicyclic) bond motifs is 1. The molecule has 4 nitrogen and oxygen atoms in total. The van der Waals surface area contributed by atoms with Crippen molar-refractivity contribution in [3.8, 4) is 5.75 Å². The van der Waals surface area contributed by atoms with Crippen LogP contribution < -0.4 is 5.32 Å². The fraction of sp³-hybridized carbons (Fsp3) is 0.333. The smallest absolute Gasteiger partial charge is 0.269 e. The third kappa shape index (κ3) is 2.52. The van der Waals surface area contributed by atoms with Crippen molar-refractivity contribution in [1.82, 2.24) is 10.3 Å². The molecule has 0 aliphatic carbocycles. The number of phenolic OH excluding ortho intramolecular Hbond substituents is 1. The molecule has 0 unspecified atom stereocenters. The molecule has 0 spiro atoms. The minimum atomic E-state index is -0.206. The lowest BCUT2D eigenvalue weighted by Crippen LogP contribution is -2.24. The summed E-state index contributed by atoms with van der Waals surface area (Å²) in [6.07, 6.45) is 0.878. The van der Waals surface area contributed by atoms with Crippen LogP contribution in [0.2, 0.25) is 0 Å². The molecule has 0 aliphatic heterocycles. The highest BCUT2D eigenvalue weighted by molar-refractivity contribution is 5.97. The quantitative estimate of drug-likeness (QED) is 0.889. The van der Waals surface area contributed by atoms with E-state index in [1.807, 2.05) is 32.9 Å². The van der Waals surface area contributed by atoms with Crippen LogP contribution in [-0.4, -0.2) is 22.5 Å². The lowest BCUT2D eigenvalue weighted by atomic mass is 10.0. The van der Waals surface area contributed by atoms with Crippen LogP contribution in [0.5, 0.6) is 5.75 Å². The van der Waals surface area contributed by atoms with E-state index in [0.29, 0.717) is 17.8 Å². The molecule has 0 aliphatic rings. The predicted octanol–water partition coefficient (Wildman–Crippen LogP) is 2.70. The monoisotopic (exact) mass is 258 g/mol. The fourth-order valence-corrected chi connectivity index (χ4v) is 2.07. The first kappa shape index (κ1) is 13.3. The number of phenols is 1. The number of hydrogen-bond acceptors (Lipinski definition) is 3. The van der Waals surface area contributed by atoms with Gasteiger partial charge >= 0.3 is 0 Å². The van der Waals surface area contributed by atoms with Crippen LogP contribution in [0.25, 0.3) is 10.9 Å². The molecule has 4 heteroatoms. The van der Waals surface area contributed by atoms with Crippen LogP contribution >= 0.6 is 0 Å². The molecule has 1 heterocycles. The molecule has 19 heavy (non-hydrogen) atoms. The van der Waals surface area contributed by atoms with Gasteiger partial charge in [-0.3, -0.25) is 4.79 Å². The molecule has 1 amide bonds. The summed E-state index contributed by atoms with van der Waals surface area (Å²) < 4.78 is 0. The maximum Gasteiger partial charge on any atom is 0.269 e. The van der Waals surface area contributed by atoms with E-state index in [2.05, 4.69) is 10.3 Å². The molecule has 2 rings (SSSR count). The Morgan fingerprint density at radius 1 is 1.32 bits per heavy atom. The number of hydrogen-bond donors (Lipinski definition) is 2. The third-order valence-corrected chi connectivity index (χ3v) is 3.12. The first-order chi connectivity index (χ1) is 9.04. The Hall–Kier alpha value is -2.10. The van der Waals surface area contributed by atoms with Gasteiger partial charge in [-0.1, -0.05) is 19.1 Å². The van der Waals surface area contributed by atoms with Gasteiger partial charge in [0.15, 0.2) is 0 Å². The van der Waals surface area contributed by atoms with E-state index in [-0.39, 0.29) is 11.7 Å². The van der Waals surface area contributed by atoms with E-state index < -0.39 is 0 Å². The number of nitrogens with one attached hydrogen (secondary N) is 1. The third-order valence-electron chi connectivity index (χ3n) is 3.12. The number of carbonyl (C=O) groups excluding carboxylic acids is 1. The lowest BCUT2D eigenvalue weighted by molar-refractivity contribution is 0.0949. The summed E-state index contributed by atoms with van der Waals surface area (Å²) in [5, 5.41) is 13.7. The Bertz CT molecular complexity index is 636. The van der Waals surface area contributed by atoms with Crippen molar-refractivity contribution in [2.24, 2.45) is 0 Å². The Kier molecular flexibility index (Phi) is 3.69. The number of amides is 1. The van der Waals surface area contributed by atoms with Crippen LogP contribution in [-0.2, 0) is 0 Å². The fourth-order valence-electron chi connectivity index (χ4n) is 2.07. The zero-order chi connectivity index (χ0) is 14.0. The minimum absolute atomic E-state index is 0.144. The summed E-state index contributed by atoms with van der Waals surface area (Å²) in [6, 6.07) is 5.43. The molecular weight excluding hydrogens is 240 g/mol. The maximum absolute atomic E-state index is 11.9. The molecular formula is C15H18N2O2. The summed E-state index contributed by atoms with van der Waals surface area (Å²) in [7, 11) is 0. The van der Waals surface area contributed by atoms with Gasteiger partial charge in [-0.25, -0.2) is 4.98 Å². The van der Waals surface area contributed by atoms with Crippen LogP contribution in [0.1, 0.15) is 35.0 Å². The molecule has 0 bridgehead atoms. The minimum Gasteiger partial charge on any atom is -0.505 e. The molecule has 0 saturated carbocycles. The first-order valence-corrected chi connectivity index (χ1v) is 6.42. The zero-order valence-corrected chi connectivity index (χ0v) is 11.4. The molecule has 1 aromatic heterocycles. The van der Waals surface area contributed by atoms with Gasteiger partial charge in [0.2, 0.25) is 0 Å². The van der Waals surface area contributed by atoms with E-state index in [4.69, 9.17) is 0 Å². The molecule has 2 aromatic rings. The van der Waals surface area contributed by atoms with Gasteiger partial charge in [0.25, 0.3) is 5.91 Å². The van der Waals surface area contributed by atoms with Crippen molar-refractivity contribution >= 4 is 16.8 Å². The molecule has 0 saturated heterocycles. The highest BCUT2D eigenvalue weighted by Gasteiger charge is 2.12. The van der Waals surface area contributed by atoms with Crippen molar-refractivity contribution in [3.05, 3.63) is 35.0 Å². The Morgan fingerprint density at radius 3 is 2.74 bits per heavy atom. The number of aromatic nitrogens is 1. The number of carbonyl (C=O) groups is 1. The van der Waals surface area contributed by atoms with E-state index in [0.717, 1.165) is 22.9 Å². The van der Waals surface area contributed by atoms with Crippen molar-refractivity contribution in [1.29, 1.82) is 0 Å². The summed E-state index contributed by atoms with van der Waals surface area (Å²) in [5.74, 6) is -0.0620. The largest absolute Gasteiger partial charge is 0.505 e.